The van der Waals surface area contributed by atoms with Crippen molar-refractivity contribution in [1.29, 1.82) is 0 Å². The molecule has 0 saturated heterocycles. The highest BCUT2D eigenvalue weighted by Crippen LogP contribution is 2.44. The first-order chi connectivity index (χ1) is 16.9. The van der Waals surface area contributed by atoms with Crippen LogP contribution >= 0.6 is 11.6 Å². The predicted octanol–water partition coefficient (Wildman–Crippen LogP) is 8.27. The molecule has 2 aliphatic rings. The van der Waals surface area contributed by atoms with Crippen LogP contribution in [0.5, 0.6) is 0 Å². The van der Waals surface area contributed by atoms with Gasteiger partial charge in [-0.05, 0) is 81.5 Å². The summed E-state index contributed by atoms with van der Waals surface area (Å²) in [5, 5.41) is 0.148. The Bertz CT molecular complexity index is 1400. The molecule has 1 N–H and O–H groups in total. The number of fused-ring (bicyclic) bond motifs is 5. The number of benzene rings is 3. The molecular formula is C31H27ClFNO. The van der Waals surface area contributed by atoms with Crippen molar-refractivity contribution in [2.24, 2.45) is 11.8 Å². The van der Waals surface area contributed by atoms with Gasteiger partial charge in [0.25, 0.3) is 0 Å². The SMILES string of the molecule is CC(C)C1Cc2c(ccc3c2CC(=O)c2ccccc2-3)C=C1c1ccc(F)c(Cl)c1.c1cc[nH]c1. The molecule has 3 aromatic carbocycles. The van der Waals surface area contributed by atoms with Gasteiger partial charge in [0.15, 0.2) is 5.78 Å². The van der Waals surface area contributed by atoms with E-state index in [0.29, 0.717) is 12.3 Å². The van der Waals surface area contributed by atoms with Crippen LogP contribution in [0.2, 0.25) is 5.02 Å². The first kappa shape index (κ1) is 23.3. The number of carbonyl (C=O) groups excluding carboxylic acids is 1. The van der Waals surface area contributed by atoms with Gasteiger partial charge in [-0.3, -0.25) is 4.79 Å². The minimum atomic E-state index is -0.399. The van der Waals surface area contributed by atoms with Crippen molar-refractivity contribution < 1.29 is 9.18 Å². The standard InChI is InChI=1S/C27H22ClFO.C4H5N/c1-15(2)21-13-23-16(11-22(21)17-8-10-26(29)25(28)12-17)7-9-19-18-5-3-4-6-20(18)27(30)14-24(19)23;1-2-4-5-3-1/h3-12,15,21H,13-14H2,1-2H3;1-5H. The second kappa shape index (κ2) is 9.67. The largest absolute Gasteiger partial charge is 0.368 e. The zero-order valence-electron chi connectivity index (χ0n) is 19.8. The molecule has 176 valence electrons. The van der Waals surface area contributed by atoms with Gasteiger partial charge < -0.3 is 4.98 Å². The topological polar surface area (TPSA) is 32.9 Å². The Morgan fingerprint density at radius 3 is 2.31 bits per heavy atom. The first-order valence-corrected chi connectivity index (χ1v) is 12.3. The second-order valence-electron chi connectivity index (χ2n) is 9.47. The van der Waals surface area contributed by atoms with Crippen molar-refractivity contribution >= 4 is 29.0 Å². The minimum absolute atomic E-state index is 0.148. The summed E-state index contributed by atoms with van der Waals surface area (Å²) in [5.41, 5.74) is 8.75. The van der Waals surface area contributed by atoms with E-state index in [-0.39, 0.29) is 16.7 Å². The monoisotopic (exact) mass is 483 g/mol. The molecule has 2 nitrogen and oxygen atoms in total. The predicted molar refractivity (Wildman–Crippen MR) is 142 cm³/mol. The zero-order chi connectivity index (χ0) is 24.5. The van der Waals surface area contributed by atoms with Crippen LogP contribution in [0.1, 0.15) is 46.5 Å². The number of rotatable bonds is 2. The van der Waals surface area contributed by atoms with Crippen LogP contribution < -0.4 is 0 Å². The highest BCUT2D eigenvalue weighted by molar-refractivity contribution is 6.31. The third-order valence-corrected chi connectivity index (χ3v) is 7.30. The number of hydrogen-bond donors (Lipinski definition) is 1. The van der Waals surface area contributed by atoms with Crippen molar-refractivity contribution in [2.45, 2.75) is 26.7 Å². The Labute approximate surface area is 210 Å². The molecule has 0 amide bonds. The van der Waals surface area contributed by atoms with Gasteiger partial charge in [0.2, 0.25) is 0 Å². The van der Waals surface area contributed by atoms with E-state index in [0.717, 1.165) is 34.2 Å². The van der Waals surface area contributed by atoms with Gasteiger partial charge in [0.05, 0.1) is 5.02 Å². The molecule has 4 aromatic rings. The molecule has 0 bridgehead atoms. The summed E-state index contributed by atoms with van der Waals surface area (Å²) >= 11 is 6.08. The highest BCUT2D eigenvalue weighted by Gasteiger charge is 2.31. The summed E-state index contributed by atoms with van der Waals surface area (Å²) in [7, 11) is 0. The summed E-state index contributed by atoms with van der Waals surface area (Å²) in [6.07, 6.45) is 7.27. The molecule has 0 fully saturated rings. The van der Waals surface area contributed by atoms with E-state index < -0.39 is 5.82 Å². The maximum absolute atomic E-state index is 13.7. The van der Waals surface area contributed by atoms with Crippen LogP contribution in [0.15, 0.2) is 79.1 Å². The fraction of sp³-hybridized carbons (Fsp3) is 0.194. The van der Waals surface area contributed by atoms with Crippen LogP contribution in [-0.4, -0.2) is 10.8 Å². The number of Topliss-reactive ketones (excluding diaryl/α,β-unsaturated/α-hetero) is 1. The Kier molecular flexibility index (Phi) is 6.44. The average molecular weight is 484 g/mol. The lowest BCUT2D eigenvalue weighted by Gasteiger charge is -2.33. The number of ketones is 1. The van der Waals surface area contributed by atoms with Crippen molar-refractivity contribution in [3.63, 3.8) is 0 Å². The molecular weight excluding hydrogens is 457 g/mol. The van der Waals surface area contributed by atoms with Gasteiger partial charge in [0, 0.05) is 24.4 Å². The molecule has 0 radical (unpaired) electrons. The number of allylic oxidation sites excluding steroid dienone is 1. The van der Waals surface area contributed by atoms with E-state index in [9.17, 15) is 9.18 Å². The molecule has 35 heavy (non-hydrogen) atoms. The summed E-state index contributed by atoms with van der Waals surface area (Å²) in [6.45, 7) is 4.43. The summed E-state index contributed by atoms with van der Waals surface area (Å²) < 4.78 is 13.7. The van der Waals surface area contributed by atoms with Crippen LogP contribution in [0.25, 0.3) is 22.8 Å². The summed E-state index contributed by atoms with van der Waals surface area (Å²) in [5.74, 6) is 0.464. The van der Waals surface area contributed by atoms with E-state index in [1.54, 1.807) is 6.07 Å². The van der Waals surface area contributed by atoms with Gasteiger partial charge in [0.1, 0.15) is 5.82 Å². The number of H-pyrrole nitrogens is 1. The van der Waals surface area contributed by atoms with E-state index in [4.69, 9.17) is 11.6 Å². The zero-order valence-corrected chi connectivity index (χ0v) is 20.6. The van der Waals surface area contributed by atoms with Crippen LogP contribution in [-0.2, 0) is 12.8 Å². The number of aromatic nitrogens is 1. The van der Waals surface area contributed by atoms with Crippen LogP contribution in [0.4, 0.5) is 4.39 Å². The Hall–Kier alpha value is -3.43. The molecule has 1 aromatic heterocycles. The minimum Gasteiger partial charge on any atom is -0.368 e. The van der Waals surface area contributed by atoms with E-state index in [1.165, 1.54) is 22.8 Å². The maximum Gasteiger partial charge on any atom is 0.167 e. The Morgan fingerprint density at radius 2 is 1.66 bits per heavy atom. The fourth-order valence-corrected chi connectivity index (χ4v) is 5.39. The molecule has 0 aliphatic heterocycles. The molecule has 1 heterocycles. The summed E-state index contributed by atoms with van der Waals surface area (Å²) in [4.78, 5) is 15.7. The van der Waals surface area contributed by atoms with Gasteiger partial charge in [-0.1, -0.05) is 74.0 Å². The average Bonchev–Trinajstić information content (AvgIpc) is 3.45. The molecule has 4 heteroatoms. The highest BCUT2D eigenvalue weighted by atomic mass is 35.5. The molecule has 1 atom stereocenters. The number of halogens is 2. The van der Waals surface area contributed by atoms with Crippen molar-refractivity contribution in [2.75, 3.05) is 0 Å². The first-order valence-electron chi connectivity index (χ1n) is 12.0. The lowest BCUT2D eigenvalue weighted by atomic mass is 9.71. The Balaban J connectivity index is 0.000000453. The molecule has 1 unspecified atom stereocenters. The maximum atomic E-state index is 13.7. The van der Waals surface area contributed by atoms with Crippen molar-refractivity contribution in [3.8, 4) is 11.1 Å². The molecule has 6 rings (SSSR count). The smallest absolute Gasteiger partial charge is 0.167 e. The second-order valence-corrected chi connectivity index (χ2v) is 9.88. The number of nitrogens with one attached hydrogen (secondary N) is 1. The summed E-state index contributed by atoms with van der Waals surface area (Å²) in [6, 6.07) is 21.0. The number of carbonyl (C=O) groups is 1. The lowest BCUT2D eigenvalue weighted by molar-refractivity contribution is 0.0991. The normalized spacial score (nSPS) is 16.0. The van der Waals surface area contributed by atoms with Crippen LogP contribution in [0, 0.1) is 17.7 Å². The fourth-order valence-electron chi connectivity index (χ4n) is 5.21. The molecule has 0 spiro atoms. The molecule has 2 aliphatic carbocycles. The lowest BCUT2D eigenvalue weighted by Crippen LogP contribution is -2.22. The number of hydrogen-bond acceptors (Lipinski definition) is 1. The van der Waals surface area contributed by atoms with Gasteiger partial charge in [-0.2, -0.15) is 0 Å². The van der Waals surface area contributed by atoms with Crippen LogP contribution in [0.3, 0.4) is 0 Å². The number of aromatic amines is 1. The van der Waals surface area contributed by atoms with Gasteiger partial charge >= 0.3 is 0 Å². The Morgan fingerprint density at radius 1 is 0.914 bits per heavy atom. The van der Waals surface area contributed by atoms with Crippen molar-refractivity contribution in [1.82, 2.24) is 4.98 Å². The molecule has 0 saturated carbocycles. The third kappa shape index (κ3) is 4.49. The van der Waals surface area contributed by atoms with E-state index in [2.05, 4.69) is 37.0 Å². The third-order valence-electron chi connectivity index (χ3n) is 7.01. The quantitative estimate of drug-likeness (QED) is 0.305. The van der Waals surface area contributed by atoms with Gasteiger partial charge in [-0.15, -0.1) is 0 Å². The van der Waals surface area contributed by atoms with E-state index >= 15 is 0 Å². The van der Waals surface area contributed by atoms with Gasteiger partial charge in [-0.25, -0.2) is 4.39 Å². The van der Waals surface area contributed by atoms with Crippen molar-refractivity contribution in [3.05, 3.63) is 118 Å². The van der Waals surface area contributed by atoms with E-state index in [1.807, 2.05) is 54.9 Å².